The van der Waals surface area contributed by atoms with Gasteiger partial charge in [0.1, 0.15) is 0 Å². The van der Waals surface area contributed by atoms with Crippen LogP contribution in [0.4, 0.5) is 0 Å². The van der Waals surface area contributed by atoms with Crippen molar-refractivity contribution in [3.8, 4) is 0 Å². The monoisotopic (exact) mass is 327 g/mol. The van der Waals surface area contributed by atoms with Crippen molar-refractivity contribution in [1.82, 2.24) is 10.6 Å². The van der Waals surface area contributed by atoms with Gasteiger partial charge in [-0.1, -0.05) is 20.3 Å². The first-order valence-corrected chi connectivity index (χ1v) is 9.07. The number of amides is 1. The number of nitrogens with two attached hydrogens (primary N) is 1. The molecule has 7 heteroatoms. The molecule has 1 rings (SSSR count). The molecule has 1 unspecified atom stereocenters. The van der Waals surface area contributed by atoms with Crippen molar-refractivity contribution in [3.63, 3.8) is 0 Å². The Hall–Kier alpha value is -1.44. The number of carbonyl (C=O) groups excluding carboxylic acids is 1. The first-order chi connectivity index (χ1) is 10.4. The largest absolute Gasteiger partial charge is 0.350 e. The van der Waals surface area contributed by atoms with Gasteiger partial charge >= 0.3 is 0 Å². The zero-order valence-electron chi connectivity index (χ0n) is 13.1. The van der Waals surface area contributed by atoms with Gasteiger partial charge in [0.15, 0.2) is 0 Å². The summed E-state index contributed by atoms with van der Waals surface area (Å²) < 4.78 is 22.3. The van der Waals surface area contributed by atoms with Crippen LogP contribution in [0.15, 0.2) is 29.2 Å². The van der Waals surface area contributed by atoms with E-state index in [2.05, 4.69) is 24.5 Å². The van der Waals surface area contributed by atoms with E-state index in [1.807, 2.05) is 0 Å². The molecule has 0 fully saturated rings. The lowest BCUT2D eigenvalue weighted by molar-refractivity contribution is 0.0949. The number of carbonyl (C=O) groups is 1. The zero-order valence-corrected chi connectivity index (χ0v) is 13.9. The zero-order chi connectivity index (χ0) is 16.6. The quantitative estimate of drug-likeness (QED) is 0.594. The number of unbranched alkanes of at least 4 members (excludes halogenated alkanes) is 1. The van der Waals surface area contributed by atoms with Crippen molar-refractivity contribution >= 4 is 15.9 Å². The van der Waals surface area contributed by atoms with Crippen molar-refractivity contribution in [2.45, 2.75) is 44.0 Å². The molecule has 1 amide bonds. The van der Waals surface area contributed by atoms with Crippen LogP contribution in [0.3, 0.4) is 0 Å². The highest BCUT2D eigenvalue weighted by Gasteiger charge is 2.12. The fourth-order valence-electron chi connectivity index (χ4n) is 1.96. The Kier molecular flexibility index (Phi) is 7.50. The molecule has 6 nitrogen and oxygen atoms in total. The van der Waals surface area contributed by atoms with Gasteiger partial charge in [-0.25, -0.2) is 13.6 Å². The van der Waals surface area contributed by atoms with Crippen LogP contribution in [-0.2, 0) is 10.0 Å². The van der Waals surface area contributed by atoms with E-state index in [4.69, 9.17) is 5.14 Å². The molecule has 0 aliphatic rings. The van der Waals surface area contributed by atoms with Crippen LogP contribution in [0.2, 0.25) is 0 Å². The van der Waals surface area contributed by atoms with Gasteiger partial charge in [0.25, 0.3) is 5.91 Å². The number of nitrogens with one attached hydrogen (secondary N) is 2. The number of primary sulfonamides is 1. The number of hydrogen-bond donors (Lipinski definition) is 3. The summed E-state index contributed by atoms with van der Waals surface area (Å²) in [5.74, 6) is -0.225. The number of hydrogen-bond acceptors (Lipinski definition) is 4. The van der Waals surface area contributed by atoms with Crippen LogP contribution in [-0.4, -0.2) is 33.5 Å². The minimum Gasteiger partial charge on any atom is -0.350 e. The van der Waals surface area contributed by atoms with E-state index in [9.17, 15) is 13.2 Å². The average Bonchev–Trinajstić information content (AvgIpc) is 2.49. The molecule has 0 heterocycles. The fourth-order valence-corrected chi connectivity index (χ4v) is 2.47. The minimum atomic E-state index is -3.73. The summed E-state index contributed by atoms with van der Waals surface area (Å²) in [5.41, 5.74) is 0.413. The van der Waals surface area contributed by atoms with Gasteiger partial charge in [-0.3, -0.25) is 4.79 Å². The van der Waals surface area contributed by atoms with Gasteiger partial charge in [-0.05, 0) is 43.7 Å². The highest BCUT2D eigenvalue weighted by molar-refractivity contribution is 7.89. The fraction of sp³-hybridized carbons (Fsp3) is 0.533. The second-order valence-electron chi connectivity index (χ2n) is 5.19. The highest BCUT2D eigenvalue weighted by Crippen LogP contribution is 2.08. The van der Waals surface area contributed by atoms with Crippen LogP contribution >= 0.6 is 0 Å². The van der Waals surface area contributed by atoms with Gasteiger partial charge < -0.3 is 10.6 Å². The van der Waals surface area contributed by atoms with Crippen molar-refractivity contribution in [3.05, 3.63) is 29.8 Å². The van der Waals surface area contributed by atoms with Crippen molar-refractivity contribution in [1.29, 1.82) is 0 Å². The second-order valence-corrected chi connectivity index (χ2v) is 6.75. The summed E-state index contributed by atoms with van der Waals surface area (Å²) in [5, 5.41) is 11.3. The standard InChI is InChI=1S/C15H25N3O3S/c1-3-5-10-17-13(4-2)11-18-15(19)12-6-8-14(9-7-12)22(16,20)21/h6-9,13,17H,3-5,10-11H2,1-2H3,(H,18,19)(H2,16,20,21). The summed E-state index contributed by atoms with van der Waals surface area (Å²) >= 11 is 0. The average molecular weight is 327 g/mol. The Balaban J connectivity index is 2.54. The molecule has 0 aliphatic heterocycles. The maximum Gasteiger partial charge on any atom is 0.251 e. The molecule has 0 saturated carbocycles. The third-order valence-corrected chi connectivity index (χ3v) is 4.34. The molecule has 0 aromatic heterocycles. The molecule has 1 aromatic rings. The van der Waals surface area contributed by atoms with Crippen LogP contribution in [0.5, 0.6) is 0 Å². The number of benzene rings is 1. The van der Waals surface area contributed by atoms with E-state index in [1.54, 1.807) is 0 Å². The molecule has 0 radical (unpaired) electrons. The third kappa shape index (κ3) is 6.13. The van der Waals surface area contributed by atoms with E-state index in [-0.39, 0.29) is 16.8 Å². The van der Waals surface area contributed by atoms with Gasteiger partial charge in [0.2, 0.25) is 10.0 Å². The Morgan fingerprint density at radius 3 is 2.36 bits per heavy atom. The normalized spacial score (nSPS) is 12.9. The summed E-state index contributed by atoms with van der Waals surface area (Å²) in [7, 11) is -3.73. The predicted molar refractivity (Wildman–Crippen MR) is 87.1 cm³/mol. The maximum absolute atomic E-state index is 12.0. The summed E-state index contributed by atoms with van der Waals surface area (Å²) in [4.78, 5) is 12.0. The number of rotatable bonds is 9. The van der Waals surface area contributed by atoms with E-state index in [0.29, 0.717) is 12.1 Å². The lowest BCUT2D eigenvalue weighted by Crippen LogP contribution is -2.40. The molecule has 22 heavy (non-hydrogen) atoms. The second kappa shape index (κ2) is 8.87. The van der Waals surface area contributed by atoms with E-state index in [1.165, 1.54) is 24.3 Å². The molecule has 124 valence electrons. The molecular weight excluding hydrogens is 302 g/mol. The predicted octanol–water partition coefficient (Wildman–Crippen LogP) is 1.23. The Labute approximate surface area is 132 Å². The smallest absolute Gasteiger partial charge is 0.251 e. The molecule has 1 aromatic carbocycles. The molecule has 0 aliphatic carbocycles. The number of sulfonamides is 1. The van der Waals surface area contributed by atoms with Crippen LogP contribution in [0, 0.1) is 0 Å². The molecule has 0 bridgehead atoms. The van der Waals surface area contributed by atoms with Crippen LogP contribution in [0.25, 0.3) is 0 Å². The van der Waals surface area contributed by atoms with Gasteiger partial charge in [-0.15, -0.1) is 0 Å². The summed E-state index contributed by atoms with van der Waals surface area (Å²) in [6.07, 6.45) is 3.17. The topological polar surface area (TPSA) is 101 Å². The molecule has 0 saturated heterocycles. The van der Waals surface area contributed by atoms with E-state index in [0.717, 1.165) is 25.8 Å². The van der Waals surface area contributed by atoms with Crippen molar-refractivity contribution in [2.75, 3.05) is 13.1 Å². The third-order valence-electron chi connectivity index (χ3n) is 3.41. The van der Waals surface area contributed by atoms with Crippen molar-refractivity contribution in [2.24, 2.45) is 5.14 Å². The first kappa shape index (κ1) is 18.6. The highest BCUT2D eigenvalue weighted by atomic mass is 32.2. The molecule has 1 atom stereocenters. The summed E-state index contributed by atoms with van der Waals surface area (Å²) in [6, 6.07) is 5.82. The molecule has 4 N–H and O–H groups in total. The van der Waals surface area contributed by atoms with Crippen LogP contribution in [0.1, 0.15) is 43.5 Å². The Morgan fingerprint density at radius 1 is 1.23 bits per heavy atom. The van der Waals surface area contributed by atoms with Gasteiger partial charge in [0, 0.05) is 18.2 Å². The lowest BCUT2D eigenvalue weighted by Gasteiger charge is -2.17. The maximum atomic E-state index is 12.0. The lowest BCUT2D eigenvalue weighted by atomic mass is 10.2. The molecular formula is C15H25N3O3S. The Bertz CT molecular complexity index is 570. The van der Waals surface area contributed by atoms with E-state index >= 15 is 0 Å². The molecule has 0 spiro atoms. The SMILES string of the molecule is CCCCNC(CC)CNC(=O)c1ccc(S(N)(=O)=O)cc1. The first-order valence-electron chi connectivity index (χ1n) is 7.53. The van der Waals surface area contributed by atoms with Crippen molar-refractivity contribution < 1.29 is 13.2 Å². The summed E-state index contributed by atoms with van der Waals surface area (Å²) in [6.45, 7) is 5.68. The van der Waals surface area contributed by atoms with Crippen LogP contribution < -0.4 is 15.8 Å². The van der Waals surface area contributed by atoms with Gasteiger partial charge in [-0.2, -0.15) is 0 Å². The minimum absolute atomic E-state index is 0.00304. The van der Waals surface area contributed by atoms with E-state index < -0.39 is 10.0 Å². The van der Waals surface area contributed by atoms with Gasteiger partial charge in [0.05, 0.1) is 4.90 Å². The Morgan fingerprint density at radius 2 is 1.86 bits per heavy atom.